The number of rotatable bonds is 4. The van der Waals surface area contributed by atoms with Crippen LogP contribution in [0.3, 0.4) is 0 Å². The van der Waals surface area contributed by atoms with Crippen LogP contribution in [0, 0.1) is 0 Å². The van der Waals surface area contributed by atoms with Crippen LogP contribution < -0.4 is 0 Å². The second-order valence-corrected chi connectivity index (χ2v) is 16.2. The summed E-state index contributed by atoms with van der Waals surface area (Å²) in [4.78, 5) is 16.2. The number of para-hydroxylation sites is 2. The van der Waals surface area contributed by atoms with Crippen LogP contribution in [-0.4, -0.2) is 19.5 Å². The number of thiophene rings is 1. The lowest BCUT2D eigenvalue weighted by atomic mass is 10.0. The third-order valence-electron chi connectivity index (χ3n) is 11.8. The Balaban J connectivity index is 1.16. The summed E-state index contributed by atoms with van der Waals surface area (Å²) >= 11 is 1.79. The number of furan rings is 1. The van der Waals surface area contributed by atoms with E-state index in [0.717, 1.165) is 70.8 Å². The van der Waals surface area contributed by atoms with Crippen LogP contribution >= 0.6 is 11.3 Å². The fourth-order valence-electron chi connectivity index (χ4n) is 9.16. The van der Waals surface area contributed by atoms with Crippen LogP contribution in [-0.2, 0) is 0 Å². The maximum Gasteiger partial charge on any atom is 0.165 e. The Morgan fingerprint density at radius 1 is 0.390 bits per heavy atom. The van der Waals surface area contributed by atoms with Crippen molar-refractivity contribution in [1.29, 1.82) is 0 Å². The fraction of sp³-hybridized carbons (Fsp3) is 0. The first kappa shape index (κ1) is 32.4. The molecule has 4 heterocycles. The Morgan fingerprint density at radius 2 is 1.00 bits per heavy atom. The van der Waals surface area contributed by atoms with Crippen LogP contribution in [0.5, 0.6) is 0 Å². The molecule has 0 unspecified atom stereocenters. The van der Waals surface area contributed by atoms with E-state index < -0.39 is 0 Å². The van der Waals surface area contributed by atoms with Gasteiger partial charge >= 0.3 is 0 Å². The Morgan fingerprint density at radius 3 is 1.86 bits per heavy atom. The first-order valence-electron chi connectivity index (χ1n) is 19.8. The SMILES string of the molecule is c1ccc2cc3c(cc2c1)c1ccccc1n3-c1cc(-c2nc(-c3cccc4ccccc34)nc(-c3cccc4oc5ccccc5c34)n2)c2sc3ccccc3c2c1. The molecule has 0 aliphatic carbocycles. The Labute approximate surface area is 341 Å². The zero-order chi connectivity index (χ0) is 38.6. The molecule has 0 radical (unpaired) electrons. The minimum absolute atomic E-state index is 0.595. The zero-order valence-electron chi connectivity index (χ0n) is 31.4. The third-order valence-corrected chi connectivity index (χ3v) is 13.0. The monoisotopic (exact) mass is 770 g/mol. The zero-order valence-corrected chi connectivity index (χ0v) is 32.2. The molecule has 274 valence electrons. The predicted octanol–water partition coefficient (Wildman–Crippen LogP) is 14.5. The van der Waals surface area contributed by atoms with Gasteiger partial charge in [0.05, 0.1) is 11.0 Å². The number of nitrogens with zero attached hydrogens (tertiary/aromatic N) is 4. The minimum atomic E-state index is 0.595. The van der Waals surface area contributed by atoms with E-state index in [-0.39, 0.29) is 0 Å². The lowest BCUT2D eigenvalue weighted by Gasteiger charge is -2.14. The molecular formula is C53H30N4OS. The van der Waals surface area contributed by atoms with Gasteiger partial charge in [-0.05, 0) is 70.1 Å². The molecule has 6 heteroatoms. The van der Waals surface area contributed by atoms with Crippen molar-refractivity contribution in [2.24, 2.45) is 0 Å². The number of aromatic nitrogens is 4. The molecule has 0 aliphatic rings. The van der Waals surface area contributed by atoms with Crippen molar-refractivity contribution in [2.45, 2.75) is 0 Å². The van der Waals surface area contributed by atoms with Crippen molar-refractivity contribution in [1.82, 2.24) is 19.5 Å². The van der Waals surface area contributed by atoms with E-state index in [9.17, 15) is 0 Å². The normalized spacial score (nSPS) is 12.1. The van der Waals surface area contributed by atoms with Crippen molar-refractivity contribution in [3.63, 3.8) is 0 Å². The van der Waals surface area contributed by atoms with E-state index in [2.05, 4.69) is 162 Å². The van der Waals surface area contributed by atoms with Crippen molar-refractivity contribution >= 4 is 96.8 Å². The van der Waals surface area contributed by atoms with Crippen LogP contribution in [0.4, 0.5) is 0 Å². The fourth-order valence-corrected chi connectivity index (χ4v) is 10.4. The first-order valence-corrected chi connectivity index (χ1v) is 20.6. The number of hydrogen-bond acceptors (Lipinski definition) is 5. The highest BCUT2D eigenvalue weighted by molar-refractivity contribution is 7.26. The molecule has 59 heavy (non-hydrogen) atoms. The molecule has 0 N–H and O–H groups in total. The van der Waals surface area contributed by atoms with Gasteiger partial charge in [-0.2, -0.15) is 0 Å². The van der Waals surface area contributed by atoms with E-state index in [0.29, 0.717) is 17.5 Å². The summed E-state index contributed by atoms with van der Waals surface area (Å²) < 4.78 is 11.1. The minimum Gasteiger partial charge on any atom is -0.456 e. The highest BCUT2D eigenvalue weighted by Crippen LogP contribution is 2.44. The van der Waals surface area contributed by atoms with Crippen LogP contribution in [0.2, 0.25) is 0 Å². The maximum atomic E-state index is 6.38. The summed E-state index contributed by atoms with van der Waals surface area (Å²) in [6.45, 7) is 0. The summed E-state index contributed by atoms with van der Waals surface area (Å²) in [5, 5.41) is 11.5. The highest BCUT2D eigenvalue weighted by Gasteiger charge is 2.23. The molecule has 0 spiro atoms. The summed E-state index contributed by atoms with van der Waals surface area (Å²) in [5.74, 6) is 1.83. The summed E-state index contributed by atoms with van der Waals surface area (Å²) in [5.41, 5.74) is 7.79. The summed E-state index contributed by atoms with van der Waals surface area (Å²) in [7, 11) is 0. The highest BCUT2D eigenvalue weighted by atomic mass is 32.1. The summed E-state index contributed by atoms with van der Waals surface area (Å²) in [6, 6.07) is 64.4. The molecule has 0 saturated heterocycles. The standard InChI is InChI=1S/C53H30N4OS/c1-2-15-33-28-45-41(27-32(33)14-1)36-18-5-8-23-44(36)57(45)34-29-42-37-19-7-10-26-48(37)59-50(42)43(30-34)53-55-51(38-21-11-16-31-13-3-4-17-35(31)38)54-52(56-53)40-22-12-25-47-49(40)39-20-6-9-24-46(39)58-47/h1-30H. The molecule has 0 fully saturated rings. The van der Waals surface area contributed by atoms with Gasteiger partial charge in [0, 0.05) is 64.1 Å². The topological polar surface area (TPSA) is 56.7 Å². The number of hydrogen-bond donors (Lipinski definition) is 0. The Kier molecular flexibility index (Phi) is 6.82. The molecule has 13 rings (SSSR count). The molecule has 0 saturated carbocycles. The van der Waals surface area contributed by atoms with Crippen molar-refractivity contribution < 1.29 is 4.42 Å². The summed E-state index contributed by atoms with van der Waals surface area (Å²) in [6.07, 6.45) is 0. The Bertz CT molecular complexity index is 3870. The molecular weight excluding hydrogens is 741 g/mol. The lowest BCUT2D eigenvalue weighted by Crippen LogP contribution is -2.02. The van der Waals surface area contributed by atoms with Gasteiger partial charge in [-0.25, -0.2) is 15.0 Å². The Hall–Kier alpha value is -7.67. The van der Waals surface area contributed by atoms with E-state index in [1.165, 1.54) is 37.0 Å². The van der Waals surface area contributed by atoms with Crippen LogP contribution in [0.15, 0.2) is 186 Å². The van der Waals surface area contributed by atoms with Gasteiger partial charge in [0.2, 0.25) is 0 Å². The smallest absolute Gasteiger partial charge is 0.165 e. The molecule has 0 amide bonds. The molecule has 0 atom stereocenters. The lowest BCUT2D eigenvalue weighted by molar-refractivity contribution is 0.669. The van der Waals surface area contributed by atoms with Crippen molar-refractivity contribution in [3.05, 3.63) is 182 Å². The maximum absolute atomic E-state index is 6.38. The molecule has 4 aromatic heterocycles. The van der Waals surface area contributed by atoms with Crippen molar-refractivity contribution in [3.8, 4) is 39.9 Å². The van der Waals surface area contributed by atoms with Gasteiger partial charge in [0.1, 0.15) is 11.2 Å². The average molecular weight is 771 g/mol. The van der Waals surface area contributed by atoms with Gasteiger partial charge in [-0.1, -0.05) is 133 Å². The second kappa shape index (κ2) is 12.4. The average Bonchev–Trinajstić information content (AvgIpc) is 3.97. The molecule has 0 bridgehead atoms. The van der Waals surface area contributed by atoms with Crippen LogP contribution in [0.25, 0.3) is 125 Å². The van der Waals surface area contributed by atoms with Gasteiger partial charge in [-0.15, -0.1) is 11.3 Å². The van der Waals surface area contributed by atoms with Gasteiger partial charge in [0.25, 0.3) is 0 Å². The van der Waals surface area contributed by atoms with E-state index in [1.54, 1.807) is 11.3 Å². The number of benzene rings is 9. The molecule has 0 aliphatic heterocycles. The predicted molar refractivity (Wildman–Crippen MR) is 246 cm³/mol. The van der Waals surface area contributed by atoms with Crippen molar-refractivity contribution in [2.75, 3.05) is 0 Å². The van der Waals surface area contributed by atoms with Gasteiger partial charge < -0.3 is 8.98 Å². The van der Waals surface area contributed by atoms with E-state index in [4.69, 9.17) is 19.4 Å². The van der Waals surface area contributed by atoms with E-state index in [1.807, 2.05) is 24.3 Å². The van der Waals surface area contributed by atoms with Crippen LogP contribution in [0.1, 0.15) is 0 Å². The molecule has 9 aromatic carbocycles. The molecule has 13 aromatic rings. The number of fused-ring (bicyclic) bond motifs is 11. The largest absolute Gasteiger partial charge is 0.456 e. The quantitative estimate of drug-likeness (QED) is 0.179. The van der Waals surface area contributed by atoms with E-state index >= 15 is 0 Å². The van der Waals surface area contributed by atoms with Gasteiger partial charge in [-0.3, -0.25) is 0 Å². The molecule has 5 nitrogen and oxygen atoms in total. The first-order chi connectivity index (χ1) is 29.2. The second-order valence-electron chi connectivity index (χ2n) is 15.1. The van der Waals surface area contributed by atoms with Gasteiger partial charge in [0.15, 0.2) is 17.5 Å². The third kappa shape index (κ3) is 4.87.